The first-order chi connectivity index (χ1) is 7.16. The first-order valence-electron chi connectivity index (χ1n) is 6.81. The van der Waals surface area contributed by atoms with Crippen molar-refractivity contribution in [3.63, 3.8) is 0 Å². The normalized spacial score (nSPS) is 39.0. The highest BCUT2D eigenvalue weighted by atomic mass is 35.5. The van der Waals surface area contributed by atoms with Crippen LogP contribution >= 0.6 is 11.6 Å². The van der Waals surface area contributed by atoms with E-state index in [2.05, 4.69) is 13.8 Å². The Morgan fingerprint density at radius 3 is 2.40 bits per heavy atom. The van der Waals surface area contributed by atoms with Crippen molar-refractivity contribution in [1.29, 1.82) is 0 Å². The number of halogens is 1. The van der Waals surface area contributed by atoms with Crippen molar-refractivity contribution < 1.29 is 0 Å². The van der Waals surface area contributed by atoms with E-state index in [1.54, 1.807) is 0 Å². The fourth-order valence-electron chi connectivity index (χ4n) is 3.01. The average Bonchev–Trinajstić information content (AvgIpc) is 3.03. The summed E-state index contributed by atoms with van der Waals surface area (Å²) < 4.78 is 0. The first kappa shape index (κ1) is 11.8. The molecular weight excluding hydrogens is 204 g/mol. The zero-order valence-corrected chi connectivity index (χ0v) is 11.0. The van der Waals surface area contributed by atoms with Crippen LogP contribution in [0.15, 0.2) is 0 Å². The van der Waals surface area contributed by atoms with E-state index in [0.29, 0.717) is 5.38 Å². The molecule has 2 fully saturated rings. The van der Waals surface area contributed by atoms with Crippen molar-refractivity contribution in [3.05, 3.63) is 0 Å². The van der Waals surface area contributed by atoms with Crippen LogP contribution in [0.25, 0.3) is 0 Å². The van der Waals surface area contributed by atoms with Gasteiger partial charge in [-0.05, 0) is 55.8 Å². The monoisotopic (exact) mass is 228 g/mol. The van der Waals surface area contributed by atoms with Crippen LogP contribution in [0.4, 0.5) is 0 Å². The fourth-order valence-corrected chi connectivity index (χ4v) is 3.39. The Morgan fingerprint density at radius 1 is 1.07 bits per heavy atom. The van der Waals surface area contributed by atoms with Crippen molar-refractivity contribution in [3.8, 4) is 0 Å². The Labute approximate surface area is 99.8 Å². The van der Waals surface area contributed by atoms with Gasteiger partial charge < -0.3 is 0 Å². The molecule has 0 saturated heterocycles. The molecule has 0 N–H and O–H groups in total. The quantitative estimate of drug-likeness (QED) is 0.603. The SMILES string of the molecule is CC1CCC(CCC(Cl)C2CC2)CC1C. The zero-order valence-electron chi connectivity index (χ0n) is 10.2. The minimum atomic E-state index is 0.500. The third-order valence-corrected chi connectivity index (χ3v) is 5.27. The maximum atomic E-state index is 6.36. The summed E-state index contributed by atoms with van der Waals surface area (Å²) in [4.78, 5) is 0. The van der Waals surface area contributed by atoms with E-state index in [-0.39, 0.29) is 0 Å². The highest BCUT2D eigenvalue weighted by Gasteiger charge is 2.31. The maximum Gasteiger partial charge on any atom is 0.0364 e. The van der Waals surface area contributed by atoms with Crippen LogP contribution in [0.3, 0.4) is 0 Å². The van der Waals surface area contributed by atoms with Crippen LogP contribution in [0, 0.1) is 23.7 Å². The van der Waals surface area contributed by atoms with E-state index < -0.39 is 0 Å². The standard InChI is InChI=1S/C14H25Cl/c1-10-3-4-12(9-11(10)2)5-8-14(15)13-6-7-13/h10-14H,3-9H2,1-2H3. The molecule has 15 heavy (non-hydrogen) atoms. The summed E-state index contributed by atoms with van der Waals surface area (Å²) in [5.41, 5.74) is 0. The fraction of sp³-hybridized carbons (Fsp3) is 1.00. The van der Waals surface area contributed by atoms with E-state index in [9.17, 15) is 0 Å². The van der Waals surface area contributed by atoms with Gasteiger partial charge >= 0.3 is 0 Å². The Hall–Kier alpha value is 0.290. The summed E-state index contributed by atoms with van der Waals surface area (Å²) in [6, 6.07) is 0. The summed E-state index contributed by atoms with van der Waals surface area (Å²) >= 11 is 6.36. The molecule has 0 radical (unpaired) electrons. The van der Waals surface area contributed by atoms with Gasteiger partial charge in [0.25, 0.3) is 0 Å². The molecule has 0 bridgehead atoms. The van der Waals surface area contributed by atoms with Crippen molar-refractivity contribution in [1.82, 2.24) is 0 Å². The van der Waals surface area contributed by atoms with Gasteiger partial charge in [-0.25, -0.2) is 0 Å². The predicted octanol–water partition coefficient (Wildman–Crippen LogP) is 4.86. The number of hydrogen-bond acceptors (Lipinski definition) is 0. The van der Waals surface area contributed by atoms with Gasteiger partial charge in [0.05, 0.1) is 0 Å². The van der Waals surface area contributed by atoms with Crippen molar-refractivity contribution in [2.75, 3.05) is 0 Å². The van der Waals surface area contributed by atoms with Crippen LogP contribution in [0.1, 0.15) is 58.8 Å². The van der Waals surface area contributed by atoms with Crippen molar-refractivity contribution in [2.45, 2.75) is 64.2 Å². The molecule has 2 saturated carbocycles. The molecule has 0 nitrogen and oxygen atoms in total. The van der Waals surface area contributed by atoms with Crippen LogP contribution in [0.2, 0.25) is 0 Å². The third kappa shape index (κ3) is 3.37. The molecule has 4 atom stereocenters. The Bertz CT molecular complexity index is 198. The van der Waals surface area contributed by atoms with E-state index in [1.807, 2.05) is 0 Å². The van der Waals surface area contributed by atoms with Gasteiger partial charge in [-0.1, -0.05) is 26.7 Å². The van der Waals surface area contributed by atoms with Gasteiger partial charge in [-0.3, -0.25) is 0 Å². The molecule has 0 aromatic carbocycles. The lowest BCUT2D eigenvalue weighted by Gasteiger charge is -2.32. The van der Waals surface area contributed by atoms with Gasteiger partial charge in [0, 0.05) is 5.38 Å². The smallest absolute Gasteiger partial charge is 0.0364 e. The van der Waals surface area contributed by atoms with Crippen molar-refractivity contribution >= 4 is 11.6 Å². The Morgan fingerprint density at radius 2 is 1.80 bits per heavy atom. The highest BCUT2D eigenvalue weighted by Crippen LogP contribution is 2.40. The zero-order chi connectivity index (χ0) is 10.8. The predicted molar refractivity (Wildman–Crippen MR) is 67.3 cm³/mol. The molecule has 0 spiro atoms. The van der Waals surface area contributed by atoms with Gasteiger partial charge in [0.1, 0.15) is 0 Å². The van der Waals surface area contributed by atoms with Gasteiger partial charge in [0.15, 0.2) is 0 Å². The molecule has 0 aliphatic heterocycles. The molecule has 0 aromatic rings. The summed E-state index contributed by atoms with van der Waals surface area (Å²) in [7, 11) is 0. The molecule has 4 unspecified atom stereocenters. The molecule has 2 aliphatic rings. The highest BCUT2D eigenvalue weighted by molar-refractivity contribution is 6.20. The molecule has 0 amide bonds. The lowest BCUT2D eigenvalue weighted by molar-refractivity contribution is 0.197. The number of alkyl halides is 1. The number of hydrogen-bond donors (Lipinski definition) is 0. The number of rotatable bonds is 4. The largest absolute Gasteiger partial charge is 0.123 e. The minimum absolute atomic E-state index is 0.500. The van der Waals surface area contributed by atoms with Crippen LogP contribution in [0.5, 0.6) is 0 Å². The van der Waals surface area contributed by atoms with E-state index in [4.69, 9.17) is 11.6 Å². The summed E-state index contributed by atoms with van der Waals surface area (Å²) in [6.45, 7) is 4.84. The van der Waals surface area contributed by atoms with E-state index >= 15 is 0 Å². The third-order valence-electron chi connectivity index (χ3n) is 4.69. The van der Waals surface area contributed by atoms with Gasteiger partial charge in [-0.15, -0.1) is 11.6 Å². The van der Waals surface area contributed by atoms with Crippen molar-refractivity contribution in [2.24, 2.45) is 23.7 Å². The van der Waals surface area contributed by atoms with E-state index in [1.165, 1.54) is 44.9 Å². The topological polar surface area (TPSA) is 0 Å². The van der Waals surface area contributed by atoms with Gasteiger partial charge in [-0.2, -0.15) is 0 Å². The Kier molecular flexibility index (Phi) is 3.98. The van der Waals surface area contributed by atoms with Gasteiger partial charge in [0.2, 0.25) is 0 Å². The summed E-state index contributed by atoms with van der Waals surface area (Å²) in [5.74, 6) is 3.76. The molecular formula is C14H25Cl. The lowest BCUT2D eigenvalue weighted by Crippen LogP contribution is -2.21. The molecule has 88 valence electrons. The molecule has 0 heterocycles. The summed E-state index contributed by atoms with van der Waals surface area (Å²) in [5, 5.41) is 0.500. The molecule has 2 aliphatic carbocycles. The van der Waals surface area contributed by atoms with Crippen LogP contribution < -0.4 is 0 Å². The summed E-state index contributed by atoms with van der Waals surface area (Å²) in [6.07, 6.45) is 9.82. The second-order valence-electron chi connectivity index (χ2n) is 6.06. The average molecular weight is 229 g/mol. The Balaban J connectivity index is 1.66. The van der Waals surface area contributed by atoms with Crippen LogP contribution in [-0.4, -0.2) is 5.38 Å². The molecule has 2 rings (SSSR count). The lowest BCUT2D eigenvalue weighted by atomic mass is 9.74. The molecule has 0 aromatic heterocycles. The first-order valence-corrected chi connectivity index (χ1v) is 7.24. The van der Waals surface area contributed by atoms with Crippen LogP contribution in [-0.2, 0) is 0 Å². The second kappa shape index (κ2) is 5.08. The second-order valence-corrected chi connectivity index (χ2v) is 6.63. The van der Waals surface area contributed by atoms with E-state index in [0.717, 1.165) is 23.7 Å². The minimum Gasteiger partial charge on any atom is -0.123 e. The maximum absolute atomic E-state index is 6.36. The molecule has 1 heteroatoms.